The molecule has 7 heteroatoms. The van der Waals surface area contributed by atoms with E-state index in [2.05, 4.69) is 15.3 Å². The predicted octanol–water partition coefficient (Wildman–Crippen LogP) is 4.41. The number of H-pyrrole nitrogens is 1. The van der Waals surface area contributed by atoms with Gasteiger partial charge in [-0.15, -0.1) is 0 Å². The zero-order valence-corrected chi connectivity index (χ0v) is 19.6. The van der Waals surface area contributed by atoms with E-state index in [0.29, 0.717) is 37.4 Å². The van der Waals surface area contributed by atoms with E-state index in [1.54, 1.807) is 12.1 Å². The molecule has 1 fully saturated rings. The summed E-state index contributed by atoms with van der Waals surface area (Å²) in [7, 11) is 0. The van der Waals surface area contributed by atoms with Crippen molar-refractivity contribution in [2.24, 2.45) is 0 Å². The van der Waals surface area contributed by atoms with Gasteiger partial charge in [-0.1, -0.05) is 42.5 Å². The molecule has 0 saturated carbocycles. The summed E-state index contributed by atoms with van der Waals surface area (Å²) in [6.07, 6.45) is 3.26. The third-order valence-electron chi connectivity index (χ3n) is 6.38. The number of piperidine rings is 1. The molecule has 0 unspecified atom stereocenters. The van der Waals surface area contributed by atoms with Crippen LogP contribution in [-0.4, -0.2) is 45.9 Å². The van der Waals surface area contributed by atoms with E-state index in [1.807, 2.05) is 78.7 Å². The van der Waals surface area contributed by atoms with E-state index in [0.717, 1.165) is 22.2 Å². The number of fused-ring (bicyclic) bond motifs is 1. The van der Waals surface area contributed by atoms with Gasteiger partial charge < -0.3 is 19.9 Å². The zero-order valence-electron chi connectivity index (χ0n) is 19.6. The highest BCUT2D eigenvalue weighted by Gasteiger charge is 2.31. The molecule has 35 heavy (non-hydrogen) atoms. The molecule has 0 bridgehead atoms. The number of amides is 2. The van der Waals surface area contributed by atoms with Gasteiger partial charge in [-0.3, -0.25) is 9.59 Å². The molecule has 2 aromatic heterocycles. The molecule has 3 heterocycles. The predicted molar refractivity (Wildman–Crippen MR) is 134 cm³/mol. The van der Waals surface area contributed by atoms with Gasteiger partial charge in [-0.2, -0.15) is 0 Å². The number of carbonyl (C=O) groups is 2. The van der Waals surface area contributed by atoms with Gasteiger partial charge in [0, 0.05) is 55.0 Å². The molecular weight excluding hydrogens is 440 g/mol. The first kappa shape index (κ1) is 22.7. The van der Waals surface area contributed by atoms with Crippen molar-refractivity contribution in [3.8, 4) is 5.88 Å². The third kappa shape index (κ3) is 5.19. The Balaban J connectivity index is 1.28. The van der Waals surface area contributed by atoms with Crippen LogP contribution in [0, 0.1) is 6.92 Å². The molecule has 1 atom stereocenters. The number of aromatic nitrogens is 2. The van der Waals surface area contributed by atoms with Crippen LogP contribution in [0.25, 0.3) is 10.9 Å². The molecule has 2 aromatic carbocycles. The first-order chi connectivity index (χ1) is 17.1. The lowest BCUT2D eigenvalue weighted by Gasteiger charge is -2.34. The fraction of sp³-hybridized carbons (Fsp3) is 0.250. The minimum atomic E-state index is -0.765. The average molecular weight is 469 g/mol. The molecule has 178 valence electrons. The number of nitrogens with one attached hydrogen (secondary N) is 2. The maximum Gasteiger partial charge on any atom is 0.252 e. The normalized spacial score (nSPS) is 15.1. The highest BCUT2D eigenvalue weighted by Crippen LogP contribution is 2.23. The first-order valence-electron chi connectivity index (χ1n) is 11.9. The standard InChI is InChI=1S/C28H28N4O3/c1-19-6-5-9-25(30-19)35-23-13-16-32(17-14-23)28(34)26(21-7-3-2-4-8-21)31-27(33)22-11-10-20-12-15-29-24(20)18-22/h2-12,15,18,23,26,29H,13-14,16-17H2,1H3,(H,31,33)/t26-/m1/s1. The Kier molecular flexibility index (Phi) is 6.48. The van der Waals surface area contributed by atoms with Crippen LogP contribution < -0.4 is 10.1 Å². The van der Waals surface area contributed by atoms with Gasteiger partial charge in [0.2, 0.25) is 11.8 Å². The summed E-state index contributed by atoms with van der Waals surface area (Å²) in [6, 6.07) is 21.8. The monoisotopic (exact) mass is 468 g/mol. The van der Waals surface area contributed by atoms with Crippen LogP contribution in [0.2, 0.25) is 0 Å². The van der Waals surface area contributed by atoms with E-state index >= 15 is 0 Å². The maximum absolute atomic E-state index is 13.6. The molecule has 2 N–H and O–H groups in total. The minimum absolute atomic E-state index is 0.00522. The summed E-state index contributed by atoms with van der Waals surface area (Å²) < 4.78 is 6.04. The Morgan fingerprint density at radius 3 is 2.60 bits per heavy atom. The zero-order chi connectivity index (χ0) is 24.2. The van der Waals surface area contributed by atoms with Crippen LogP contribution in [0.5, 0.6) is 5.88 Å². The van der Waals surface area contributed by atoms with Crippen molar-refractivity contribution < 1.29 is 14.3 Å². The van der Waals surface area contributed by atoms with Crippen molar-refractivity contribution in [2.45, 2.75) is 31.9 Å². The lowest BCUT2D eigenvalue weighted by atomic mass is 10.0. The number of aryl methyl sites for hydroxylation is 1. The van der Waals surface area contributed by atoms with Gasteiger partial charge in [0.15, 0.2) is 0 Å². The Morgan fingerprint density at radius 2 is 1.83 bits per heavy atom. The van der Waals surface area contributed by atoms with Crippen LogP contribution >= 0.6 is 0 Å². The second-order valence-corrected chi connectivity index (χ2v) is 8.86. The van der Waals surface area contributed by atoms with Crippen molar-refractivity contribution >= 4 is 22.7 Å². The van der Waals surface area contributed by atoms with E-state index < -0.39 is 6.04 Å². The van der Waals surface area contributed by atoms with Crippen LogP contribution in [0.1, 0.15) is 40.5 Å². The summed E-state index contributed by atoms with van der Waals surface area (Å²) in [4.78, 5) is 36.1. The van der Waals surface area contributed by atoms with Crippen molar-refractivity contribution in [1.29, 1.82) is 0 Å². The van der Waals surface area contributed by atoms with Gasteiger partial charge in [-0.25, -0.2) is 4.98 Å². The molecule has 1 aliphatic heterocycles. The minimum Gasteiger partial charge on any atom is -0.474 e. The second-order valence-electron chi connectivity index (χ2n) is 8.86. The molecule has 1 aliphatic rings. The maximum atomic E-state index is 13.6. The SMILES string of the molecule is Cc1cccc(OC2CCN(C(=O)[C@H](NC(=O)c3ccc4cc[nH]c4c3)c3ccccc3)CC2)n1. The number of benzene rings is 2. The van der Waals surface area contributed by atoms with Gasteiger partial charge in [0.25, 0.3) is 5.91 Å². The van der Waals surface area contributed by atoms with Crippen molar-refractivity contribution in [1.82, 2.24) is 20.2 Å². The molecular formula is C28H28N4O3. The molecule has 0 spiro atoms. The Bertz CT molecular complexity index is 1330. The largest absolute Gasteiger partial charge is 0.474 e. The first-order valence-corrected chi connectivity index (χ1v) is 11.9. The summed E-state index contributed by atoms with van der Waals surface area (Å²) in [5, 5.41) is 4.01. The number of hydrogen-bond donors (Lipinski definition) is 2. The topological polar surface area (TPSA) is 87.3 Å². The van der Waals surface area contributed by atoms with Gasteiger partial charge >= 0.3 is 0 Å². The summed E-state index contributed by atoms with van der Waals surface area (Å²) in [5.41, 5.74) is 3.05. The summed E-state index contributed by atoms with van der Waals surface area (Å²) in [5.74, 6) is 0.216. The van der Waals surface area contributed by atoms with Crippen molar-refractivity contribution in [2.75, 3.05) is 13.1 Å². The highest BCUT2D eigenvalue weighted by molar-refractivity contribution is 6.00. The Hall–Kier alpha value is -4.13. The van der Waals surface area contributed by atoms with E-state index in [4.69, 9.17) is 4.74 Å². The molecule has 0 aliphatic carbocycles. The fourth-order valence-electron chi connectivity index (χ4n) is 4.47. The molecule has 7 nitrogen and oxygen atoms in total. The van der Waals surface area contributed by atoms with Crippen molar-refractivity contribution in [3.63, 3.8) is 0 Å². The van der Waals surface area contributed by atoms with Gasteiger partial charge in [0.1, 0.15) is 12.1 Å². The quantitative estimate of drug-likeness (QED) is 0.439. The summed E-state index contributed by atoms with van der Waals surface area (Å²) >= 11 is 0. The number of aromatic amines is 1. The number of likely N-dealkylation sites (tertiary alicyclic amines) is 1. The lowest BCUT2D eigenvalue weighted by molar-refractivity contribution is -0.135. The van der Waals surface area contributed by atoms with E-state index in [9.17, 15) is 9.59 Å². The van der Waals surface area contributed by atoms with Crippen LogP contribution in [0.3, 0.4) is 0 Å². The second kappa shape index (κ2) is 10.0. The Morgan fingerprint density at radius 1 is 1.03 bits per heavy atom. The number of hydrogen-bond acceptors (Lipinski definition) is 4. The molecule has 0 radical (unpaired) electrons. The van der Waals surface area contributed by atoms with Crippen LogP contribution in [-0.2, 0) is 4.79 Å². The number of nitrogens with zero attached hydrogens (tertiary/aromatic N) is 2. The van der Waals surface area contributed by atoms with E-state index in [-0.39, 0.29) is 17.9 Å². The fourth-order valence-corrected chi connectivity index (χ4v) is 4.47. The molecule has 4 aromatic rings. The lowest BCUT2D eigenvalue weighted by Crippen LogP contribution is -2.47. The number of carbonyl (C=O) groups excluding carboxylic acids is 2. The van der Waals surface area contributed by atoms with E-state index in [1.165, 1.54) is 0 Å². The molecule has 1 saturated heterocycles. The molecule has 5 rings (SSSR count). The average Bonchev–Trinajstić information content (AvgIpc) is 3.36. The highest BCUT2D eigenvalue weighted by atomic mass is 16.5. The Labute approximate surface area is 204 Å². The van der Waals surface area contributed by atoms with Crippen LogP contribution in [0.4, 0.5) is 0 Å². The van der Waals surface area contributed by atoms with Gasteiger partial charge in [-0.05, 0) is 42.1 Å². The number of pyridine rings is 1. The molecule has 2 amide bonds. The van der Waals surface area contributed by atoms with Crippen molar-refractivity contribution in [3.05, 3.63) is 95.8 Å². The van der Waals surface area contributed by atoms with Gasteiger partial charge in [0.05, 0.1) is 0 Å². The van der Waals surface area contributed by atoms with Crippen LogP contribution in [0.15, 0.2) is 79.0 Å². The third-order valence-corrected chi connectivity index (χ3v) is 6.38. The summed E-state index contributed by atoms with van der Waals surface area (Å²) in [6.45, 7) is 3.05. The smallest absolute Gasteiger partial charge is 0.252 e. The number of ether oxygens (including phenoxy) is 1. The number of rotatable bonds is 6.